The van der Waals surface area contributed by atoms with E-state index in [1.54, 1.807) is 11.3 Å². The molecule has 2 amide bonds. The fourth-order valence-corrected chi connectivity index (χ4v) is 5.86. The molecule has 2 aliphatic rings. The summed E-state index contributed by atoms with van der Waals surface area (Å²) >= 11 is 7.30. The van der Waals surface area contributed by atoms with E-state index in [2.05, 4.69) is 28.8 Å². The first kappa shape index (κ1) is 20.4. The van der Waals surface area contributed by atoms with Gasteiger partial charge in [-0.25, -0.2) is 0 Å². The maximum Gasteiger partial charge on any atom is 0.261 e. The van der Waals surface area contributed by atoms with Crippen LogP contribution in [0, 0.1) is 0 Å². The maximum atomic E-state index is 12.8. The van der Waals surface area contributed by atoms with Crippen molar-refractivity contribution in [2.75, 3.05) is 12.4 Å². The van der Waals surface area contributed by atoms with E-state index in [9.17, 15) is 9.59 Å². The lowest BCUT2D eigenvalue weighted by atomic mass is 9.61. The average Bonchev–Trinajstić information content (AvgIpc) is 3.00. The summed E-state index contributed by atoms with van der Waals surface area (Å²) in [4.78, 5) is 26.7. The number of carbonyl (C=O) groups excluding carboxylic acids is 2. The van der Waals surface area contributed by atoms with Crippen LogP contribution in [0.1, 0.15) is 57.8 Å². The lowest BCUT2D eigenvalue weighted by molar-refractivity contribution is -0.119. The van der Waals surface area contributed by atoms with E-state index in [0.717, 1.165) is 30.6 Å². The molecule has 1 aromatic carbocycles. The number of nitrogens with one attached hydrogen (secondary N) is 2. The number of hydrogen-bond acceptors (Lipinski definition) is 3. The fraction of sp³-hybridized carbons (Fsp3) is 0.478. The fourth-order valence-electron chi connectivity index (χ4n) is 4.61. The number of fused-ring (bicyclic) bond motifs is 1. The van der Waals surface area contributed by atoms with E-state index in [4.69, 9.17) is 11.6 Å². The molecule has 0 atom stereocenters. The first-order chi connectivity index (χ1) is 14.1. The molecule has 2 aliphatic carbocycles. The van der Waals surface area contributed by atoms with E-state index < -0.39 is 0 Å². The molecule has 4 nitrogen and oxygen atoms in total. The summed E-state index contributed by atoms with van der Waals surface area (Å²) in [6, 6.07) is 12.5. The Labute approximate surface area is 181 Å². The van der Waals surface area contributed by atoms with Crippen molar-refractivity contribution in [3.8, 4) is 0 Å². The highest BCUT2D eigenvalue weighted by molar-refractivity contribution is 7.14. The molecular formula is C23H27ClN2O2S. The molecule has 0 bridgehead atoms. The van der Waals surface area contributed by atoms with Gasteiger partial charge in [-0.1, -0.05) is 36.8 Å². The second-order valence-electron chi connectivity index (χ2n) is 8.26. The van der Waals surface area contributed by atoms with Crippen LogP contribution in [0.2, 0.25) is 0 Å². The van der Waals surface area contributed by atoms with E-state index in [0.29, 0.717) is 6.54 Å². The summed E-state index contributed by atoms with van der Waals surface area (Å²) in [6.07, 6.45) is 7.57. The van der Waals surface area contributed by atoms with Gasteiger partial charge in [0.15, 0.2) is 0 Å². The Bertz CT molecular complexity index is 851. The lowest BCUT2D eigenvalue weighted by Crippen LogP contribution is -2.57. The molecule has 0 radical (unpaired) electrons. The predicted molar refractivity (Wildman–Crippen MR) is 118 cm³/mol. The quantitative estimate of drug-likeness (QED) is 0.533. The highest BCUT2D eigenvalue weighted by Gasteiger charge is 2.46. The zero-order valence-electron chi connectivity index (χ0n) is 16.5. The van der Waals surface area contributed by atoms with Gasteiger partial charge >= 0.3 is 0 Å². The number of rotatable bonds is 6. The van der Waals surface area contributed by atoms with Crippen LogP contribution in [0.15, 0.2) is 36.4 Å². The van der Waals surface area contributed by atoms with E-state index in [1.165, 1.54) is 35.3 Å². The minimum Gasteiger partial charge on any atom is -0.354 e. The highest BCUT2D eigenvalue weighted by atomic mass is 35.5. The molecule has 1 aromatic heterocycles. The van der Waals surface area contributed by atoms with Gasteiger partial charge in [-0.2, -0.15) is 0 Å². The van der Waals surface area contributed by atoms with Crippen LogP contribution in [0.25, 0.3) is 0 Å². The predicted octanol–water partition coefficient (Wildman–Crippen LogP) is 4.20. The molecular weight excluding hydrogens is 404 g/mol. The van der Waals surface area contributed by atoms with Gasteiger partial charge in [0.25, 0.3) is 5.91 Å². The molecule has 1 heterocycles. The largest absolute Gasteiger partial charge is 0.354 e. The molecule has 2 aromatic rings. The number of thiophene rings is 1. The Hall–Kier alpha value is -1.85. The monoisotopic (exact) mass is 430 g/mol. The Morgan fingerprint density at radius 1 is 1.10 bits per heavy atom. The molecule has 6 heteroatoms. The Morgan fingerprint density at radius 2 is 1.86 bits per heavy atom. The minimum absolute atomic E-state index is 0.0337. The van der Waals surface area contributed by atoms with E-state index in [-0.39, 0.29) is 29.2 Å². The summed E-state index contributed by atoms with van der Waals surface area (Å²) in [7, 11) is 0. The number of benzene rings is 1. The molecule has 0 unspecified atom stereocenters. The van der Waals surface area contributed by atoms with Gasteiger partial charge < -0.3 is 10.6 Å². The van der Waals surface area contributed by atoms with Crippen LogP contribution in [-0.2, 0) is 23.1 Å². The van der Waals surface area contributed by atoms with Crippen LogP contribution in [0.5, 0.6) is 0 Å². The third-order valence-electron chi connectivity index (χ3n) is 6.21. The lowest BCUT2D eigenvalue weighted by Gasteiger charge is -2.48. The third kappa shape index (κ3) is 4.51. The van der Waals surface area contributed by atoms with Crippen molar-refractivity contribution in [3.05, 3.63) is 57.3 Å². The molecule has 1 saturated carbocycles. The molecule has 154 valence electrons. The number of halogens is 1. The zero-order chi connectivity index (χ0) is 20.3. The number of alkyl halides is 1. The topological polar surface area (TPSA) is 58.2 Å². The zero-order valence-corrected chi connectivity index (χ0v) is 18.1. The van der Waals surface area contributed by atoms with Gasteiger partial charge in [0.2, 0.25) is 5.91 Å². The van der Waals surface area contributed by atoms with Crippen LogP contribution < -0.4 is 10.6 Å². The molecule has 0 aliphatic heterocycles. The Balaban J connectivity index is 1.41. The molecule has 29 heavy (non-hydrogen) atoms. The van der Waals surface area contributed by atoms with Crippen molar-refractivity contribution in [1.82, 2.24) is 10.6 Å². The van der Waals surface area contributed by atoms with Crippen molar-refractivity contribution < 1.29 is 9.59 Å². The van der Waals surface area contributed by atoms with Gasteiger partial charge in [0.05, 0.1) is 4.88 Å². The number of hydrogen-bond donors (Lipinski definition) is 2. The second kappa shape index (κ2) is 8.88. The van der Waals surface area contributed by atoms with Gasteiger partial charge in [-0.15, -0.1) is 22.9 Å². The normalized spacial score (nSPS) is 23.4. The highest BCUT2D eigenvalue weighted by Crippen LogP contribution is 2.43. The standard InChI is InChI=1S/C23H27ClN2O2S/c24-14-21(27)25-15-23(17-8-4-2-5-9-17)12-18(13-23)26-22(28)20-11-16-7-3-1-6-10-19(16)29-20/h2,4-5,8-9,11,18H,1,3,6-7,10,12-15H2,(H,25,27)(H,26,28). The smallest absolute Gasteiger partial charge is 0.261 e. The van der Waals surface area contributed by atoms with Crippen molar-refractivity contribution in [2.24, 2.45) is 0 Å². The minimum atomic E-state index is -0.158. The van der Waals surface area contributed by atoms with Crippen LogP contribution in [0.4, 0.5) is 0 Å². The van der Waals surface area contributed by atoms with E-state index >= 15 is 0 Å². The summed E-state index contributed by atoms with van der Waals surface area (Å²) < 4.78 is 0. The average molecular weight is 431 g/mol. The summed E-state index contributed by atoms with van der Waals surface area (Å²) in [6.45, 7) is 0.544. The van der Waals surface area contributed by atoms with E-state index in [1.807, 2.05) is 18.2 Å². The first-order valence-corrected chi connectivity index (χ1v) is 11.8. The van der Waals surface area contributed by atoms with Gasteiger partial charge in [-0.3, -0.25) is 9.59 Å². The maximum absolute atomic E-state index is 12.8. The van der Waals surface area contributed by atoms with Crippen molar-refractivity contribution in [1.29, 1.82) is 0 Å². The number of amides is 2. The summed E-state index contributed by atoms with van der Waals surface area (Å²) in [5, 5.41) is 6.15. The van der Waals surface area contributed by atoms with Crippen LogP contribution in [0.3, 0.4) is 0 Å². The second-order valence-corrected chi connectivity index (χ2v) is 9.66. The van der Waals surface area contributed by atoms with Crippen molar-refractivity contribution in [2.45, 2.75) is 56.4 Å². The van der Waals surface area contributed by atoms with Crippen molar-refractivity contribution in [3.63, 3.8) is 0 Å². The SMILES string of the molecule is O=C(CCl)NCC1(c2ccccc2)CC(NC(=O)c2cc3c(s2)CCCCC3)C1. The Kier molecular flexibility index (Phi) is 6.26. The van der Waals surface area contributed by atoms with Crippen LogP contribution in [-0.4, -0.2) is 30.3 Å². The molecule has 0 saturated heterocycles. The Morgan fingerprint density at radius 3 is 2.62 bits per heavy atom. The summed E-state index contributed by atoms with van der Waals surface area (Å²) in [5.41, 5.74) is 2.42. The van der Waals surface area contributed by atoms with Crippen LogP contribution >= 0.6 is 22.9 Å². The summed E-state index contributed by atoms with van der Waals surface area (Å²) in [5.74, 6) is -0.150. The number of aryl methyl sites for hydroxylation is 2. The van der Waals surface area contributed by atoms with Gasteiger partial charge in [0, 0.05) is 22.9 Å². The molecule has 4 rings (SSSR count). The molecule has 2 N–H and O–H groups in total. The molecule has 1 fully saturated rings. The third-order valence-corrected chi connectivity index (χ3v) is 7.69. The van der Waals surface area contributed by atoms with Gasteiger partial charge in [0.1, 0.15) is 5.88 Å². The number of carbonyl (C=O) groups is 2. The molecule has 0 spiro atoms. The van der Waals surface area contributed by atoms with Gasteiger partial charge in [-0.05, 0) is 55.7 Å². The van der Waals surface area contributed by atoms with Crippen molar-refractivity contribution >= 4 is 34.8 Å². The first-order valence-electron chi connectivity index (χ1n) is 10.4.